The van der Waals surface area contributed by atoms with Gasteiger partial charge in [-0.25, -0.2) is 0 Å². The van der Waals surface area contributed by atoms with Crippen molar-refractivity contribution >= 4 is 0 Å². The van der Waals surface area contributed by atoms with Gasteiger partial charge in [-0.05, 0) is 0 Å². The van der Waals surface area contributed by atoms with Gasteiger partial charge in [-0.1, -0.05) is 0 Å². The first-order valence-corrected chi connectivity index (χ1v) is 3.61. The third-order valence-corrected chi connectivity index (χ3v) is 2.64. The van der Waals surface area contributed by atoms with Gasteiger partial charge in [0.05, 0.1) is 0 Å². The maximum atomic E-state index is 2.22. The van der Waals surface area contributed by atoms with E-state index >= 15 is 0 Å². The zero-order valence-electron chi connectivity index (χ0n) is 5.12. The molecule has 0 unspecified atom stereocenters. The van der Waals surface area contributed by atoms with Gasteiger partial charge in [-0.3, -0.25) is 0 Å². The SMILES string of the molecule is CC1=[C]([Zr+2])CC=C1.[I-].[I-]. The Balaban J connectivity index is 0. The van der Waals surface area contributed by atoms with E-state index in [0.29, 0.717) is 0 Å². The number of rotatable bonds is 0. The molecule has 9 heavy (non-hydrogen) atoms. The Morgan fingerprint density at radius 3 is 2.11 bits per heavy atom. The molecule has 1 rings (SSSR count). The standard InChI is InChI=1S/C6H7.2HI.Zr/c1-6-4-2-3-5-6;;;/h2,4H,3H2,1H3;2*1H;/q;;;+2/p-2. The summed E-state index contributed by atoms with van der Waals surface area (Å²) in [5.74, 6) is 0. The summed E-state index contributed by atoms with van der Waals surface area (Å²) in [6, 6.07) is 0. The van der Waals surface area contributed by atoms with Gasteiger partial charge in [0.1, 0.15) is 0 Å². The molecule has 0 nitrogen and oxygen atoms in total. The molecule has 0 amide bonds. The van der Waals surface area contributed by atoms with E-state index in [-0.39, 0.29) is 48.0 Å². The zero-order valence-corrected chi connectivity index (χ0v) is 11.9. The first-order valence-electron chi connectivity index (χ1n) is 2.38. The summed E-state index contributed by atoms with van der Waals surface area (Å²) >= 11 is 1.58. The largest absolute Gasteiger partial charge is 1.00 e. The second-order valence-corrected chi connectivity index (χ2v) is 3.25. The molecule has 0 aromatic heterocycles. The normalized spacial score (nSPS) is 15.0. The third-order valence-electron chi connectivity index (χ3n) is 1.17. The van der Waals surface area contributed by atoms with Crippen LogP contribution in [0.25, 0.3) is 0 Å². The summed E-state index contributed by atoms with van der Waals surface area (Å²) in [6.45, 7) is 2.17. The molecule has 1 aliphatic rings. The van der Waals surface area contributed by atoms with E-state index < -0.39 is 0 Å². The maximum Gasteiger partial charge on any atom is -1.00 e. The summed E-state index contributed by atoms with van der Waals surface area (Å²) in [6.07, 6.45) is 5.63. The summed E-state index contributed by atoms with van der Waals surface area (Å²) in [5.41, 5.74) is 1.48. The summed E-state index contributed by atoms with van der Waals surface area (Å²) in [4.78, 5) is 0. The van der Waals surface area contributed by atoms with E-state index in [1.165, 1.54) is 12.0 Å². The van der Waals surface area contributed by atoms with Crippen molar-refractivity contribution in [2.45, 2.75) is 13.3 Å². The predicted molar refractivity (Wildman–Crippen MR) is 26.5 cm³/mol. The van der Waals surface area contributed by atoms with Gasteiger partial charge >= 0.3 is 59.1 Å². The Bertz CT molecular complexity index is 138. The van der Waals surface area contributed by atoms with Crippen LogP contribution in [0.2, 0.25) is 0 Å². The van der Waals surface area contributed by atoms with Crippen LogP contribution in [0.4, 0.5) is 0 Å². The van der Waals surface area contributed by atoms with Crippen LogP contribution < -0.4 is 48.0 Å². The second kappa shape index (κ2) is 6.53. The number of hydrogen-bond acceptors (Lipinski definition) is 0. The molecular weight excluding hydrogens is 417 g/mol. The van der Waals surface area contributed by atoms with Gasteiger partial charge in [0.2, 0.25) is 0 Å². The molecule has 0 saturated heterocycles. The summed E-state index contributed by atoms with van der Waals surface area (Å²) < 4.78 is 1.60. The molecule has 0 radical (unpaired) electrons. The van der Waals surface area contributed by atoms with Crippen molar-refractivity contribution in [2.24, 2.45) is 0 Å². The molecule has 0 fully saturated rings. The molecule has 0 heterocycles. The van der Waals surface area contributed by atoms with E-state index in [1.807, 2.05) is 0 Å². The van der Waals surface area contributed by atoms with Crippen LogP contribution >= 0.6 is 0 Å². The molecule has 1 aliphatic carbocycles. The van der Waals surface area contributed by atoms with Gasteiger partial charge in [-0.15, -0.1) is 0 Å². The molecule has 0 bridgehead atoms. The van der Waals surface area contributed by atoms with Crippen LogP contribution in [0.5, 0.6) is 0 Å². The first-order chi connectivity index (χ1) is 3.30. The number of hydrogen-bond donors (Lipinski definition) is 0. The second-order valence-electron chi connectivity index (χ2n) is 1.77. The molecule has 0 N–H and O–H groups in total. The smallest absolute Gasteiger partial charge is 1.00 e. The van der Waals surface area contributed by atoms with Gasteiger partial charge < -0.3 is 48.0 Å². The van der Waals surface area contributed by atoms with Crippen molar-refractivity contribution in [3.05, 3.63) is 21.0 Å². The average Bonchev–Trinajstić information content (AvgIpc) is 1.91. The van der Waals surface area contributed by atoms with Crippen LogP contribution in [0.3, 0.4) is 0 Å². The van der Waals surface area contributed by atoms with Crippen LogP contribution in [-0.2, 0) is 24.7 Å². The monoisotopic (exact) mass is 423 g/mol. The van der Waals surface area contributed by atoms with Crippen molar-refractivity contribution < 1.29 is 72.7 Å². The van der Waals surface area contributed by atoms with E-state index in [9.17, 15) is 0 Å². The molecule has 3 heteroatoms. The van der Waals surface area contributed by atoms with E-state index in [2.05, 4.69) is 19.1 Å². The fourth-order valence-electron chi connectivity index (χ4n) is 0.615. The fraction of sp³-hybridized carbons (Fsp3) is 0.333. The average molecular weight is 424 g/mol. The van der Waals surface area contributed by atoms with E-state index in [1.54, 1.807) is 28.0 Å². The predicted octanol–water partition coefficient (Wildman–Crippen LogP) is -4.22. The third kappa shape index (κ3) is 4.30. The summed E-state index contributed by atoms with van der Waals surface area (Å²) in [5, 5.41) is 0. The molecule has 0 aromatic carbocycles. The van der Waals surface area contributed by atoms with Crippen molar-refractivity contribution in [2.75, 3.05) is 0 Å². The van der Waals surface area contributed by atoms with Crippen LogP contribution in [0, 0.1) is 0 Å². The van der Waals surface area contributed by atoms with Gasteiger partial charge in [0.15, 0.2) is 0 Å². The number of halogens is 2. The Morgan fingerprint density at radius 1 is 1.44 bits per heavy atom. The van der Waals surface area contributed by atoms with Gasteiger partial charge in [-0.2, -0.15) is 0 Å². The van der Waals surface area contributed by atoms with Crippen molar-refractivity contribution in [3.8, 4) is 0 Å². The molecule has 0 spiro atoms. The molecular formula is C6H7I2Zr. The van der Waals surface area contributed by atoms with E-state index in [4.69, 9.17) is 0 Å². The van der Waals surface area contributed by atoms with Crippen LogP contribution in [0.1, 0.15) is 13.3 Å². The first kappa shape index (κ1) is 13.4. The molecule has 0 atom stereocenters. The van der Waals surface area contributed by atoms with Crippen LogP contribution in [-0.4, -0.2) is 0 Å². The minimum atomic E-state index is 0. The minimum Gasteiger partial charge on any atom is -1.00 e. The molecule has 0 aliphatic heterocycles. The molecule has 49 valence electrons. The van der Waals surface area contributed by atoms with Crippen molar-refractivity contribution in [3.63, 3.8) is 0 Å². The Morgan fingerprint density at radius 2 is 2.00 bits per heavy atom. The fourth-order valence-corrected chi connectivity index (χ4v) is 1.11. The number of allylic oxidation sites excluding steroid dienone is 4. The van der Waals surface area contributed by atoms with Crippen LogP contribution in [0.15, 0.2) is 21.0 Å². The quantitative estimate of drug-likeness (QED) is 0.346. The van der Waals surface area contributed by atoms with Crippen molar-refractivity contribution in [1.82, 2.24) is 0 Å². The molecule has 0 aromatic rings. The van der Waals surface area contributed by atoms with Gasteiger partial charge in [0.25, 0.3) is 0 Å². The Kier molecular flexibility index (Phi) is 9.73. The topological polar surface area (TPSA) is 0 Å². The Labute approximate surface area is 105 Å². The zero-order chi connectivity index (χ0) is 5.28. The van der Waals surface area contributed by atoms with E-state index in [0.717, 1.165) is 0 Å². The minimum absolute atomic E-state index is 0. The van der Waals surface area contributed by atoms with Gasteiger partial charge in [0, 0.05) is 0 Å². The Hall–Kier alpha value is 1.82. The van der Waals surface area contributed by atoms with Crippen molar-refractivity contribution in [1.29, 1.82) is 0 Å². The maximum absolute atomic E-state index is 2.22. The molecule has 0 saturated carbocycles. The summed E-state index contributed by atoms with van der Waals surface area (Å²) in [7, 11) is 0.